The SMILES string of the molecule is COc1c(C(=O)NNC(=O)OC(C)(C)C)cccc1[N+](=O)[O-]. The first-order chi connectivity index (χ1) is 10.2. The Morgan fingerprint density at radius 1 is 1.23 bits per heavy atom. The number of carbonyl (C=O) groups excluding carboxylic acids is 2. The summed E-state index contributed by atoms with van der Waals surface area (Å²) in [6, 6.07) is 3.87. The summed E-state index contributed by atoms with van der Waals surface area (Å²) in [5.41, 5.74) is 2.98. The molecule has 0 aliphatic heterocycles. The molecule has 0 radical (unpaired) electrons. The monoisotopic (exact) mass is 311 g/mol. The van der Waals surface area contributed by atoms with Crippen LogP contribution >= 0.6 is 0 Å². The second-order valence-electron chi connectivity index (χ2n) is 5.20. The maximum atomic E-state index is 12.0. The van der Waals surface area contributed by atoms with Crippen LogP contribution in [0.15, 0.2) is 18.2 Å². The Hall–Kier alpha value is -2.84. The summed E-state index contributed by atoms with van der Waals surface area (Å²) in [5.74, 6) is -0.970. The average Bonchev–Trinajstić information content (AvgIpc) is 2.41. The molecular formula is C13H17N3O6. The predicted octanol–water partition coefficient (Wildman–Crippen LogP) is 1.77. The minimum Gasteiger partial charge on any atom is -0.490 e. The fraction of sp³-hybridized carbons (Fsp3) is 0.385. The van der Waals surface area contributed by atoms with Crippen molar-refractivity contribution in [2.45, 2.75) is 26.4 Å². The van der Waals surface area contributed by atoms with Gasteiger partial charge in [-0.1, -0.05) is 6.07 Å². The molecule has 0 heterocycles. The molecule has 0 aliphatic carbocycles. The Bertz CT molecular complexity index is 594. The van der Waals surface area contributed by atoms with E-state index in [0.717, 1.165) is 0 Å². The van der Waals surface area contributed by atoms with Gasteiger partial charge in [0.1, 0.15) is 5.60 Å². The van der Waals surface area contributed by atoms with Crippen molar-refractivity contribution >= 4 is 17.7 Å². The molecule has 1 aromatic rings. The highest BCUT2D eigenvalue weighted by Gasteiger charge is 2.23. The number of nitrogens with one attached hydrogen (secondary N) is 2. The topological polar surface area (TPSA) is 120 Å². The molecule has 9 nitrogen and oxygen atoms in total. The van der Waals surface area contributed by atoms with E-state index >= 15 is 0 Å². The molecule has 120 valence electrons. The minimum absolute atomic E-state index is 0.0900. The number of rotatable bonds is 3. The van der Waals surface area contributed by atoms with Crippen molar-refractivity contribution in [2.24, 2.45) is 0 Å². The normalized spacial score (nSPS) is 10.5. The van der Waals surface area contributed by atoms with Crippen LogP contribution in [0.1, 0.15) is 31.1 Å². The number of ether oxygens (including phenoxy) is 2. The molecular weight excluding hydrogens is 294 g/mol. The quantitative estimate of drug-likeness (QED) is 0.648. The number of nitrogens with zero attached hydrogens (tertiary/aromatic N) is 1. The summed E-state index contributed by atoms with van der Waals surface area (Å²) >= 11 is 0. The van der Waals surface area contributed by atoms with Crippen molar-refractivity contribution in [1.82, 2.24) is 10.9 Å². The number of amides is 2. The lowest BCUT2D eigenvalue weighted by atomic mass is 10.1. The summed E-state index contributed by atoms with van der Waals surface area (Å²) in [7, 11) is 1.21. The molecule has 0 saturated heterocycles. The van der Waals surface area contributed by atoms with Gasteiger partial charge in [-0.3, -0.25) is 20.3 Å². The van der Waals surface area contributed by atoms with Gasteiger partial charge in [0.15, 0.2) is 0 Å². The highest BCUT2D eigenvalue weighted by Crippen LogP contribution is 2.30. The van der Waals surface area contributed by atoms with E-state index in [4.69, 9.17) is 9.47 Å². The Labute approximate surface area is 126 Å². The number of hydrazine groups is 1. The number of hydrogen-bond acceptors (Lipinski definition) is 6. The van der Waals surface area contributed by atoms with Crippen LogP contribution in [0.3, 0.4) is 0 Å². The number of methoxy groups -OCH3 is 1. The van der Waals surface area contributed by atoms with Gasteiger partial charge in [-0.25, -0.2) is 10.2 Å². The molecule has 0 aliphatic rings. The molecule has 0 fully saturated rings. The van der Waals surface area contributed by atoms with Gasteiger partial charge in [0.05, 0.1) is 17.6 Å². The summed E-state index contributed by atoms with van der Waals surface area (Å²) in [5, 5.41) is 10.9. The van der Waals surface area contributed by atoms with Gasteiger partial charge in [0, 0.05) is 6.07 Å². The third kappa shape index (κ3) is 4.62. The maximum absolute atomic E-state index is 12.0. The van der Waals surface area contributed by atoms with Crippen LogP contribution in [-0.4, -0.2) is 29.6 Å². The van der Waals surface area contributed by atoms with Crippen molar-refractivity contribution in [3.05, 3.63) is 33.9 Å². The zero-order valence-corrected chi connectivity index (χ0v) is 12.6. The molecule has 0 bridgehead atoms. The van der Waals surface area contributed by atoms with Crippen LogP contribution in [-0.2, 0) is 4.74 Å². The molecule has 2 amide bonds. The van der Waals surface area contributed by atoms with Crippen LogP contribution in [0.4, 0.5) is 10.5 Å². The highest BCUT2D eigenvalue weighted by atomic mass is 16.6. The van der Waals surface area contributed by atoms with Crippen LogP contribution in [0.5, 0.6) is 5.75 Å². The van der Waals surface area contributed by atoms with Crippen molar-refractivity contribution in [3.63, 3.8) is 0 Å². The Morgan fingerprint density at radius 3 is 2.36 bits per heavy atom. The summed E-state index contributed by atoms with van der Waals surface area (Å²) in [6.45, 7) is 4.99. The molecule has 0 saturated carbocycles. The number of nitro benzene ring substituents is 1. The van der Waals surface area contributed by atoms with Crippen LogP contribution in [0.25, 0.3) is 0 Å². The van der Waals surface area contributed by atoms with Crippen molar-refractivity contribution in [2.75, 3.05) is 7.11 Å². The summed E-state index contributed by atoms with van der Waals surface area (Å²) in [4.78, 5) is 33.6. The second-order valence-corrected chi connectivity index (χ2v) is 5.20. The smallest absolute Gasteiger partial charge is 0.426 e. The molecule has 9 heteroatoms. The van der Waals surface area contributed by atoms with Gasteiger partial charge in [-0.05, 0) is 26.8 Å². The molecule has 0 spiro atoms. The summed E-state index contributed by atoms with van der Waals surface area (Å²) in [6.07, 6.45) is -0.856. The van der Waals surface area contributed by atoms with Gasteiger partial charge in [0.25, 0.3) is 5.91 Å². The van der Waals surface area contributed by atoms with E-state index in [1.165, 1.54) is 25.3 Å². The van der Waals surface area contributed by atoms with E-state index in [1.807, 2.05) is 0 Å². The third-order valence-electron chi connectivity index (χ3n) is 2.32. The lowest BCUT2D eigenvalue weighted by Gasteiger charge is -2.19. The molecule has 1 aromatic carbocycles. The number of carbonyl (C=O) groups is 2. The van der Waals surface area contributed by atoms with Crippen molar-refractivity contribution in [3.8, 4) is 5.75 Å². The molecule has 0 unspecified atom stereocenters. The minimum atomic E-state index is -0.856. The van der Waals surface area contributed by atoms with Gasteiger partial charge in [-0.2, -0.15) is 0 Å². The highest BCUT2D eigenvalue weighted by molar-refractivity contribution is 5.98. The second kappa shape index (κ2) is 6.74. The molecule has 0 atom stereocenters. The average molecular weight is 311 g/mol. The zero-order chi connectivity index (χ0) is 16.9. The standard InChI is InChI=1S/C13H17N3O6/c1-13(2,3)22-12(18)15-14-11(17)8-6-5-7-9(16(19)20)10(8)21-4/h5-7H,1-4H3,(H,14,17)(H,15,18). The van der Waals surface area contributed by atoms with Crippen LogP contribution in [0.2, 0.25) is 0 Å². The lowest BCUT2D eigenvalue weighted by Crippen LogP contribution is -2.44. The van der Waals surface area contributed by atoms with Gasteiger partial charge in [-0.15, -0.1) is 0 Å². The van der Waals surface area contributed by atoms with Crippen LogP contribution in [0, 0.1) is 10.1 Å². The number of para-hydroxylation sites is 1. The zero-order valence-electron chi connectivity index (χ0n) is 12.6. The lowest BCUT2D eigenvalue weighted by molar-refractivity contribution is -0.385. The van der Waals surface area contributed by atoms with E-state index in [2.05, 4.69) is 10.9 Å². The van der Waals surface area contributed by atoms with Crippen molar-refractivity contribution in [1.29, 1.82) is 0 Å². The first-order valence-electron chi connectivity index (χ1n) is 6.26. The molecule has 0 aromatic heterocycles. The molecule has 1 rings (SSSR count). The molecule has 2 N–H and O–H groups in total. The van der Waals surface area contributed by atoms with E-state index in [-0.39, 0.29) is 17.0 Å². The first kappa shape index (κ1) is 17.2. The van der Waals surface area contributed by atoms with E-state index in [1.54, 1.807) is 20.8 Å². The van der Waals surface area contributed by atoms with Gasteiger partial charge < -0.3 is 9.47 Å². The first-order valence-corrected chi connectivity index (χ1v) is 6.26. The number of benzene rings is 1. The summed E-state index contributed by atoms with van der Waals surface area (Å²) < 4.78 is 9.84. The Balaban J connectivity index is 2.84. The fourth-order valence-electron chi connectivity index (χ4n) is 1.54. The fourth-order valence-corrected chi connectivity index (χ4v) is 1.54. The predicted molar refractivity (Wildman–Crippen MR) is 76.5 cm³/mol. The maximum Gasteiger partial charge on any atom is 0.426 e. The molecule has 22 heavy (non-hydrogen) atoms. The van der Waals surface area contributed by atoms with Crippen molar-refractivity contribution < 1.29 is 24.0 Å². The van der Waals surface area contributed by atoms with Gasteiger partial charge >= 0.3 is 11.8 Å². The largest absolute Gasteiger partial charge is 0.490 e. The van der Waals surface area contributed by atoms with E-state index in [9.17, 15) is 19.7 Å². The van der Waals surface area contributed by atoms with E-state index < -0.39 is 22.5 Å². The number of hydrogen-bond donors (Lipinski definition) is 2. The number of nitro groups is 1. The Kier molecular flexibility index (Phi) is 5.28. The van der Waals surface area contributed by atoms with Gasteiger partial charge in [0.2, 0.25) is 5.75 Å². The third-order valence-corrected chi connectivity index (χ3v) is 2.32. The Morgan fingerprint density at radius 2 is 1.86 bits per heavy atom. The van der Waals surface area contributed by atoms with Crippen LogP contribution < -0.4 is 15.6 Å². The van der Waals surface area contributed by atoms with E-state index in [0.29, 0.717) is 0 Å².